The lowest BCUT2D eigenvalue weighted by atomic mass is 9.69. The van der Waals surface area contributed by atoms with Crippen molar-refractivity contribution in [3.63, 3.8) is 0 Å². The molecule has 0 aromatic heterocycles. The molecule has 2 saturated carbocycles. The van der Waals surface area contributed by atoms with Gasteiger partial charge in [0.1, 0.15) is 11.6 Å². The van der Waals surface area contributed by atoms with E-state index in [2.05, 4.69) is 0 Å². The first-order chi connectivity index (χ1) is 14.2. The molecular formula is C24H34ClFO3. The average molecular weight is 425 g/mol. The van der Waals surface area contributed by atoms with Gasteiger partial charge in [-0.1, -0.05) is 24.4 Å². The van der Waals surface area contributed by atoms with Crippen LogP contribution in [-0.2, 0) is 9.47 Å². The molecule has 1 aromatic carbocycles. The average Bonchev–Trinajstić information content (AvgIpc) is 3.28. The predicted octanol–water partition coefficient (Wildman–Crippen LogP) is 6.62. The standard InChI is InChI=1S/C24H34ClFO3/c25-22-11-10-21(15-23(22)26)29-16-18-3-8-20(9-4-18)19-6-1-17(2-7-19)5-12-24-27-13-14-28-24/h10-11,15,17-20,24H,1-9,12-14,16H2/t17-,18-,19-,20-. The van der Waals surface area contributed by atoms with Crippen molar-refractivity contribution in [1.29, 1.82) is 0 Å². The van der Waals surface area contributed by atoms with Crippen LogP contribution in [0.25, 0.3) is 0 Å². The van der Waals surface area contributed by atoms with Crippen molar-refractivity contribution < 1.29 is 18.6 Å². The summed E-state index contributed by atoms with van der Waals surface area (Å²) in [6.07, 6.45) is 13.0. The summed E-state index contributed by atoms with van der Waals surface area (Å²) in [5.41, 5.74) is 0. The van der Waals surface area contributed by atoms with E-state index in [1.165, 1.54) is 63.9 Å². The fraction of sp³-hybridized carbons (Fsp3) is 0.750. The summed E-state index contributed by atoms with van der Waals surface area (Å²) in [7, 11) is 0. The molecular weight excluding hydrogens is 391 g/mol. The van der Waals surface area contributed by atoms with Gasteiger partial charge >= 0.3 is 0 Å². The van der Waals surface area contributed by atoms with Gasteiger partial charge in [-0.15, -0.1) is 0 Å². The van der Waals surface area contributed by atoms with E-state index in [0.717, 1.165) is 37.4 Å². The third-order valence-electron chi connectivity index (χ3n) is 7.33. The summed E-state index contributed by atoms with van der Waals surface area (Å²) >= 11 is 5.73. The fourth-order valence-corrected chi connectivity index (χ4v) is 5.62. The van der Waals surface area contributed by atoms with E-state index in [-0.39, 0.29) is 11.3 Å². The van der Waals surface area contributed by atoms with Crippen LogP contribution in [0, 0.1) is 29.5 Å². The van der Waals surface area contributed by atoms with E-state index in [9.17, 15) is 4.39 Å². The van der Waals surface area contributed by atoms with Crippen LogP contribution < -0.4 is 4.74 Å². The number of hydrogen-bond acceptors (Lipinski definition) is 3. The quantitative estimate of drug-likeness (QED) is 0.492. The zero-order valence-electron chi connectivity index (χ0n) is 17.3. The molecule has 4 rings (SSSR count). The van der Waals surface area contributed by atoms with Crippen molar-refractivity contribution in [3.8, 4) is 5.75 Å². The lowest BCUT2D eigenvalue weighted by Gasteiger charge is -2.38. The summed E-state index contributed by atoms with van der Waals surface area (Å²) in [5.74, 6) is 3.43. The molecule has 162 valence electrons. The van der Waals surface area contributed by atoms with Crippen LogP contribution in [0.4, 0.5) is 4.39 Å². The van der Waals surface area contributed by atoms with Gasteiger partial charge in [0.05, 0.1) is 24.8 Å². The van der Waals surface area contributed by atoms with Crippen LogP contribution in [-0.4, -0.2) is 26.1 Å². The molecule has 29 heavy (non-hydrogen) atoms. The van der Waals surface area contributed by atoms with Crippen molar-refractivity contribution >= 4 is 11.6 Å². The predicted molar refractivity (Wildman–Crippen MR) is 113 cm³/mol. The van der Waals surface area contributed by atoms with E-state index in [4.69, 9.17) is 25.8 Å². The fourth-order valence-electron chi connectivity index (χ4n) is 5.50. The molecule has 0 radical (unpaired) electrons. The SMILES string of the molecule is Fc1cc(OC[C@H]2CC[C@H]([C@H]3CC[C@H](CCC4OCCO4)CC3)CC2)ccc1Cl. The Morgan fingerprint density at radius 1 is 0.862 bits per heavy atom. The number of ether oxygens (including phenoxy) is 3. The van der Waals surface area contributed by atoms with Crippen LogP contribution in [0.15, 0.2) is 18.2 Å². The number of hydrogen-bond donors (Lipinski definition) is 0. The van der Waals surface area contributed by atoms with Crippen molar-refractivity contribution in [1.82, 2.24) is 0 Å². The minimum atomic E-state index is -0.410. The van der Waals surface area contributed by atoms with Gasteiger partial charge in [0.25, 0.3) is 0 Å². The zero-order chi connectivity index (χ0) is 20.1. The topological polar surface area (TPSA) is 27.7 Å². The third kappa shape index (κ3) is 6.08. The van der Waals surface area contributed by atoms with Crippen LogP contribution >= 0.6 is 11.6 Å². The summed E-state index contributed by atoms with van der Waals surface area (Å²) in [6, 6.07) is 4.70. The molecule has 3 nitrogen and oxygen atoms in total. The Balaban J connectivity index is 1.12. The minimum Gasteiger partial charge on any atom is -0.493 e. The molecule has 1 aromatic rings. The van der Waals surface area contributed by atoms with E-state index in [0.29, 0.717) is 18.3 Å². The van der Waals surface area contributed by atoms with Crippen LogP contribution in [0.3, 0.4) is 0 Å². The van der Waals surface area contributed by atoms with Crippen molar-refractivity contribution in [3.05, 3.63) is 29.0 Å². The maximum absolute atomic E-state index is 13.5. The molecule has 5 heteroatoms. The number of benzene rings is 1. The van der Waals surface area contributed by atoms with E-state index in [1.54, 1.807) is 12.1 Å². The van der Waals surface area contributed by atoms with Crippen LogP contribution in [0.1, 0.15) is 64.2 Å². The van der Waals surface area contributed by atoms with E-state index < -0.39 is 5.82 Å². The largest absolute Gasteiger partial charge is 0.493 e. The van der Waals surface area contributed by atoms with Crippen molar-refractivity contribution in [2.24, 2.45) is 23.7 Å². The molecule has 0 bridgehead atoms. The first-order valence-electron chi connectivity index (χ1n) is 11.5. The normalized spacial score (nSPS) is 31.1. The second kappa shape index (κ2) is 10.5. The molecule has 1 saturated heterocycles. The maximum Gasteiger partial charge on any atom is 0.157 e. The van der Waals surface area contributed by atoms with Gasteiger partial charge in [0.2, 0.25) is 0 Å². The summed E-state index contributed by atoms with van der Waals surface area (Å²) in [6.45, 7) is 2.22. The Kier molecular flexibility index (Phi) is 7.71. The van der Waals surface area contributed by atoms with Gasteiger partial charge in [0, 0.05) is 6.07 Å². The molecule has 1 aliphatic heterocycles. The first-order valence-corrected chi connectivity index (χ1v) is 11.9. The van der Waals surface area contributed by atoms with Gasteiger partial charge < -0.3 is 14.2 Å². The van der Waals surface area contributed by atoms with Gasteiger partial charge in [-0.25, -0.2) is 4.39 Å². The van der Waals surface area contributed by atoms with Gasteiger partial charge in [-0.05, 0) is 87.2 Å². The molecule has 3 fully saturated rings. The zero-order valence-corrected chi connectivity index (χ0v) is 18.0. The summed E-state index contributed by atoms with van der Waals surface area (Å²) in [4.78, 5) is 0. The summed E-state index contributed by atoms with van der Waals surface area (Å²) in [5, 5.41) is 0.146. The smallest absolute Gasteiger partial charge is 0.157 e. The van der Waals surface area contributed by atoms with Gasteiger partial charge in [0.15, 0.2) is 6.29 Å². The van der Waals surface area contributed by atoms with Crippen LogP contribution in [0.5, 0.6) is 5.75 Å². The highest BCUT2D eigenvalue weighted by atomic mass is 35.5. The molecule has 0 unspecified atom stereocenters. The van der Waals surface area contributed by atoms with E-state index in [1.807, 2.05) is 0 Å². The molecule has 0 amide bonds. The second-order valence-electron chi connectivity index (χ2n) is 9.20. The number of rotatable bonds is 7. The number of halogens is 2. The first kappa shape index (κ1) is 21.4. The van der Waals surface area contributed by atoms with Crippen LogP contribution in [0.2, 0.25) is 5.02 Å². The van der Waals surface area contributed by atoms with Gasteiger partial charge in [-0.2, -0.15) is 0 Å². The highest BCUT2D eigenvalue weighted by Crippen LogP contribution is 2.42. The van der Waals surface area contributed by atoms with E-state index >= 15 is 0 Å². The molecule has 0 spiro atoms. The monoisotopic (exact) mass is 424 g/mol. The molecule has 0 atom stereocenters. The summed E-state index contributed by atoms with van der Waals surface area (Å²) < 4.78 is 30.5. The maximum atomic E-state index is 13.5. The molecule has 0 N–H and O–H groups in total. The minimum absolute atomic E-state index is 0.0644. The molecule has 1 heterocycles. The Morgan fingerprint density at radius 2 is 1.48 bits per heavy atom. The van der Waals surface area contributed by atoms with Crippen molar-refractivity contribution in [2.75, 3.05) is 19.8 Å². The third-order valence-corrected chi connectivity index (χ3v) is 7.63. The lowest BCUT2D eigenvalue weighted by molar-refractivity contribution is -0.0514. The lowest BCUT2D eigenvalue weighted by Crippen LogP contribution is -2.27. The Bertz CT molecular complexity index is 633. The molecule has 3 aliphatic rings. The van der Waals surface area contributed by atoms with Gasteiger partial charge in [-0.3, -0.25) is 0 Å². The Labute approximate surface area is 179 Å². The molecule has 2 aliphatic carbocycles. The Morgan fingerprint density at radius 3 is 2.10 bits per heavy atom. The highest BCUT2D eigenvalue weighted by molar-refractivity contribution is 6.30. The second-order valence-corrected chi connectivity index (χ2v) is 9.60. The highest BCUT2D eigenvalue weighted by Gasteiger charge is 2.31. The Hall–Kier alpha value is -0.840. The van der Waals surface area contributed by atoms with Crippen molar-refractivity contribution in [2.45, 2.75) is 70.5 Å².